The number of ether oxygens (including phenoxy) is 2. The number of hydrogen-bond donors (Lipinski definition) is 0. The molecule has 3 rings (SSSR count). The monoisotopic (exact) mass is 470 g/mol. The summed E-state index contributed by atoms with van der Waals surface area (Å²) in [4.78, 5) is 39.6. The van der Waals surface area contributed by atoms with Crippen LogP contribution in [0.3, 0.4) is 0 Å². The van der Waals surface area contributed by atoms with Crippen LogP contribution >= 0.6 is 0 Å². The summed E-state index contributed by atoms with van der Waals surface area (Å²) >= 11 is 0. The highest BCUT2D eigenvalue weighted by Crippen LogP contribution is 2.31. The average molecular weight is 470 g/mol. The second-order valence-electron chi connectivity index (χ2n) is 8.47. The van der Waals surface area contributed by atoms with E-state index in [4.69, 9.17) is 9.47 Å². The summed E-state index contributed by atoms with van der Waals surface area (Å²) in [5, 5.41) is 0. The lowest BCUT2D eigenvalue weighted by atomic mass is 9.93. The van der Waals surface area contributed by atoms with Crippen molar-refractivity contribution >= 4 is 17.8 Å². The van der Waals surface area contributed by atoms with E-state index in [-0.39, 0.29) is 24.5 Å². The molecular formula is C23H29F3N2O5. The molecule has 7 nitrogen and oxygen atoms in total. The van der Waals surface area contributed by atoms with Crippen molar-refractivity contribution in [2.45, 2.75) is 58.0 Å². The van der Waals surface area contributed by atoms with Gasteiger partial charge in [0.25, 0.3) is 5.91 Å². The summed E-state index contributed by atoms with van der Waals surface area (Å²) in [5.74, 6) is -2.99. The quantitative estimate of drug-likeness (QED) is 0.612. The Morgan fingerprint density at radius 3 is 2.18 bits per heavy atom. The van der Waals surface area contributed by atoms with Crippen molar-refractivity contribution in [1.29, 1.82) is 0 Å². The van der Waals surface area contributed by atoms with Gasteiger partial charge >= 0.3 is 18.1 Å². The molecule has 2 aliphatic heterocycles. The van der Waals surface area contributed by atoms with Crippen LogP contribution in [-0.2, 0) is 14.3 Å². The molecule has 2 atom stereocenters. The first-order valence-corrected chi connectivity index (χ1v) is 11.2. The zero-order chi connectivity index (χ0) is 24.2. The van der Waals surface area contributed by atoms with Gasteiger partial charge in [-0.2, -0.15) is 13.2 Å². The molecule has 2 saturated heterocycles. The molecule has 33 heavy (non-hydrogen) atoms. The fraction of sp³-hybridized carbons (Fsp3) is 0.609. The molecule has 2 heterocycles. The normalized spacial score (nSPS) is 22.6. The third-order valence-corrected chi connectivity index (χ3v) is 6.21. The van der Waals surface area contributed by atoms with Gasteiger partial charge in [0.2, 0.25) is 0 Å². The van der Waals surface area contributed by atoms with E-state index in [1.165, 1.54) is 0 Å². The van der Waals surface area contributed by atoms with Gasteiger partial charge in [-0.05, 0) is 56.9 Å². The van der Waals surface area contributed by atoms with Crippen LogP contribution < -0.4 is 0 Å². The first-order valence-electron chi connectivity index (χ1n) is 11.2. The molecule has 0 spiro atoms. The lowest BCUT2D eigenvalue weighted by Crippen LogP contribution is -2.56. The predicted octanol–water partition coefficient (Wildman–Crippen LogP) is 3.63. The number of esters is 2. The largest absolute Gasteiger partial charge is 0.490 e. The molecule has 0 bridgehead atoms. The molecule has 0 aromatic heterocycles. The zero-order valence-electron chi connectivity index (χ0n) is 18.8. The second-order valence-corrected chi connectivity index (χ2v) is 8.47. The van der Waals surface area contributed by atoms with Gasteiger partial charge in [-0.3, -0.25) is 9.69 Å². The van der Waals surface area contributed by atoms with E-state index in [2.05, 4.69) is 0 Å². The topological polar surface area (TPSA) is 76.2 Å². The fourth-order valence-corrected chi connectivity index (χ4v) is 4.49. The van der Waals surface area contributed by atoms with Crippen LogP contribution in [0.15, 0.2) is 24.3 Å². The highest BCUT2D eigenvalue weighted by Gasteiger charge is 2.46. The van der Waals surface area contributed by atoms with Crippen LogP contribution in [0.5, 0.6) is 0 Å². The molecule has 0 N–H and O–H groups in total. The standard InChI is InChI=1S/C23H29F3N2O5/c1-3-32-21(30)17-8-6-16(7-9-17)19(29)27-13-10-18(11-14-27)28-12-4-5-15(2)20(28)33-22(31)23(24,25)26/h6-9,15,18,20H,3-5,10-14H2,1-2H3. The Balaban J connectivity index is 1.60. The fourth-order valence-electron chi connectivity index (χ4n) is 4.49. The summed E-state index contributed by atoms with van der Waals surface area (Å²) in [5.41, 5.74) is 0.816. The molecule has 2 aliphatic rings. The van der Waals surface area contributed by atoms with Crippen molar-refractivity contribution in [1.82, 2.24) is 9.80 Å². The average Bonchev–Trinajstić information content (AvgIpc) is 2.79. The van der Waals surface area contributed by atoms with E-state index >= 15 is 0 Å². The summed E-state index contributed by atoms with van der Waals surface area (Å²) in [6.45, 7) is 5.20. The molecule has 0 saturated carbocycles. The second kappa shape index (κ2) is 10.5. The van der Waals surface area contributed by atoms with Crippen molar-refractivity contribution in [3.8, 4) is 0 Å². The van der Waals surface area contributed by atoms with Gasteiger partial charge in [0.1, 0.15) is 0 Å². The van der Waals surface area contributed by atoms with Crippen LogP contribution in [0.25, 0.3) is 0 Å². The number of rotatable bonds is 5. The number of amides is 1. The van der Waals surface area contributed by atoms with Crippen molar-refractivity contribution < 1.29 is 37.0 Å². The van der Waals surface area contributed by atoms with Gasteiger partial charge in [0.15, 0.2) is 6.23 Å². The molecule has 2 fully saturated rings. The number of halogens is 3. The smallest absolute Gasteiger partial charge is 0.462 e. The number of carbonyl (C=O) groups excluding carboxylic acids is 3. The van der Waals surface area contributed by atoms with E-state index in [1.807, 2.05) is 4.90 Å². The van der Waals surface area contributed by atoms with Crippen molar-refractivity contribution in [3.05, 3.63) is 35.4 Å². The number of nitrogens with zero attached hydrogens (tertiary/aromatic N) is 2. The number of hydrogen-bond acceptors (Lipinski definition) is 6. The Morgan fingerprint density at radius 2 is 1.61 bits per heavy atom. The van der Waals surface area contributed by atoms with Crippen LogP contribution in [0.1, 0.15) is 60.2 Å². The minimum Gasteiger partial charge on any atom is -0.462 e. The van der Waals surface area contributed by atoms with Gasteiger partial charge in [0.05, 0.1) is 12.2 Å². The first kappa shape index (κ1) is 25.0. The van der Waals surface area contributed by atoms with Gasteiger partial charge in [0, 0.05) is 37.2 Å². The maximum atomic E-state index is 12.9. The van der Waals surface area contributed by atoms with E-state index in [0.717, 1.165) is 6.42 Å². The Kier molecular flexibility index (Phi) is 7.99. The lowest BCUT2D eigenvalue weighted by molar-refractivity contribution is -0.222. The Bertz CT molecular complexity index is 851. The Morgan fingerprint density at radius 1 is 1.00 bits per heavy atom. The van der Waals surface area contributed by atoms with E-state index in [0.29, 0.717) is 50.0 Å². The van der Waals surface area contributed by atoms with Gasteiger partial charge in [-0.1, -0.05) is 6.92 Å². The highest BCUT2D eigenvalue weighted by atomic mass is 19.4. The van der Waals surface area contributed by atoms with Crippen molar-refractivity contribution in [2.75, 3.05) is 26.2 Å². The first-order chi connectivity index (χ1) is 15.6. The Labute approximate surface area is 190 Å². The van der Waals surface area contributed by atoms with Crippen LogP contribution in [0.2, 0.25) is 0 Å². The maximum Gasteiger partial charge on any atom is 0.490 e. The third-order valence-electron chi connectivity index (χ3n) is 6.21. The summed E-state index contributed by atoms with van der Waals surface area (Å²) < 4.78 is 48.0. The number of likely N-dealkylation sites (tertiary alicyclic amines) is 2. The molecule has 1 aromatic carbocycles. The maximum absolute atomic E-state index is 12.9. The van der Waals surface area contributed by atoms with Gasteiger partial charge < -0.3 is 14.4 Å². The van der Waals surface area contributed by atoms with E-state index < -0.39 is 24.3 Å². The van der Waals surface area contributed by atoms with E-state index in [1.54, 1.807) is 43.0 Å². The molecule has 1 amide bonds. The molecule has 10 heteroatoms. The number of benzene rings is 1. The molecule has 182 valence electrons. The summed E-state index contributed by atoms with van der Waals surface area (Å²) in [7, 11) is 0. The van der Waals surface area contributed by atoms with Crippen molar-refractivity contribution in [2.24, 2.45) is 5.92 Å². The molecular weight excluding hydrogens is 441 g/mol. The SMILES string of the molecule is CCOC(=O)c1ccc(C(=O)N2CCC(N3CCCC(C)C3OC(=O)C(F)(F)F)CC2)cc1. The summed E-state index contributed by atoms with van der Waals surface area (Å²) in [6.07, 6.45) is -3.31. The van der Waals surface area contributed by atoms with E-state index in [9.17, 15) is 27.6 Å². The van der Waals surface area contributed by atoms with Gasteiger partial charge in [-0.15, -0.1) is 0 Å². The number of alkyl halides is 3. The lowest BCUT2D eigenvalue weighted by Gasteiger charge is -2.46. The van der Waals surface area contributed by atoms with Gasteiger partial charge in [-0.25, -0.2) is 9.59 Å². The molecule has 0 radical (unpaired) electrons. The predicted molar refractivity (Wildman–Crippen MR) is 112 cm³/mol. The minimum absolute atomic E-state index is 0.0750. The molecule has 1 aromatic rings. The highest BCUT2D eigenvalue weighted by molar-refractivity contribution is 5.96. The third kappa shape index (κ3) is 6.04. The van der Waals surface area contributed by atoms with Crippen LogP contribution in [0, 0.1) is 5.92 Å². The zero-order valence-corrected chi connectivity index (χ0v) is 18.8. The minimum atomic E-state index is -5.03. The number of piperidine rings is 2. The van der Waals surface area contributed by atoms with Crippen LogP contribution in [0.4, 0.5) is 13.2 Å². The Hall–Kier alpha value is -2.62. The van der Waals surface area contributed by atoms with Crippen LogP contribution in [-0.4, -0.2) is 72.3 Å². The number of carbonyl (C=O) groups is 3. The molecule has 0 aliphatic carbocycles. The summed E-state index contributed by atoms with van der Waals surface area (Å²) in [6, 6.07) is 6.19. The molecule has 2 unspecified atom stereocenters. The van der Waals surface area contributed by atoms with Crippen molar-refractivity contribution in [3.63, 3.8) is 0 Å².